The van der Waals surface area contributed by atoms with E-state index in [-0.39, 0.29) is 11.4 Å². The van der Waals surface area contributed by atoms with Gasteiger partial charge in [0.1, 0.15) is 11.4 Å². The van der Waals surface area contributed by atoms with Crippen molar-refractivity contribution >= 4 is 23.6 Å². The molecule has 0 atom stereocenters. The average molecular weight is 370 g/mol. The summed E-state index contributed by atoms with van der Waals surface area (Å²) in [6, 6.07) is 5.05. The highest BCUT2D eigenvalue weighted by molar-refractivity contribution is 7.99. The molecule has 2 aromatic heterocycles. The summed E-state index contributed by atoms with van der Waals surface area (Å²) in [6.07, 6.45) is -2.55. The number of nitrogens with zero attached hydrogens (tertiary/aromatic N) is 2. The Balaban J connectivity index is 2.01. The van der Waals surface area contributed by atoms with Crippen LogP contribution >= 0.6 is 11.8 Å². The summed E-state index contributed by atoms with van der Waals surface area (Å²) in [5, 5.41) is 0. The minimum Gasteiger partial charge on any atom is -0.266 e. The van der Waals surface area contributed by atoms with Gasteiger partial charge < -0.3 is 0 Å². The molecule has 0 bridgehead atoms. The number of halogens is 3. The Bertz CT molecular complexity index is 766. The number of carbonyl (C=O) groups excluding carboxylic acids is 2. The minimum absolute atomic E-state index is 0.134. The third kappa shape index (κ3) is 4.92. The fraction of sp³-hybridized carbons (Fsp3) is 0.200. The van der Waals surface area contributed by atoms with Crippen LogP contribution in [0.15, 0.2) is 41.6 Å². The van der Waals surface area contributed by atoms with Gasteiger partial charge in [-0.05, 0) is 30.0 Å². The SMILES string of the molecule is CCSc1cccnc1C(=O)NNC(=O)c1ccc(C(F)(F)F)cn1. The molecule has 0 unspecified atom stereocenters. The largest absolute Gasteiger partial charge is 0.417 e. The molecule has 0 aliphatic carbocycles. The Kier molecular flexibility index (Phi) is 5.97. The van der Waals surface area contributed by atoms with E-state index in [1.54, 1.807) is 12.1 Å². The van der Waals surface area contributed by atoms with Crippen LogP contribution in [0, 0.1) is 0 Å². The number of carbonyl (C=O) groups is 2. The molecule has 25 heavy (non-hydrogen) atoms. The number of alkyl halides is 3. The van der Waals surface area contributed by atoms with E-state index in [4.69, 9.17) is 0 Å². The fourth-order valence-corrected chi connectivity index (χ4v) is 2.53. The second-order valence-electron chi connectivity index (χ2n) is 4.62. The molecule has 2 aromatic rings. The van der Waals surface area contributed by atoms with Crippen LogP contribution in [0.3, 0.4) is 0 Å². The number of rotatable bonds is 4. The smallest absolute Gasteiger partial charge is 0.266 e. The zero-order valence-corrected chi connectivity index (χ0v) is 13.7. The highest BCUT2D eigenvalue weighted by Gasteiger charge is 2.31. The Morgan fingerprint density at radius 3 is 2.44 bits per heavy atom. The second kappa shape index (κ2) is 7.97. The summed E-state index contributed by atoms with van der Waals surface area (Å²) in [5.74, 6) is -0.757. The molecule has 10 heteroatoms. The molecule has 6 nitrogen and oxygen atoms in total. The molecule has 2 N–H and O–H groups in total. The Labute approximate surface area is 145 Å². The monoisotopic (exact) mass is 370 g/mol. The van der Waals surface area contributed by atoms with Crippen LogP contribution in [-0.4, -0.2) is 27.5 Å². The normalized spacial score (nSPS) is 11.0. The van der Waals surface area contributed by atoms with Crippen molar-refractivity contribution in [1.82, 2.24) is 20.8 Å². The van der Waals surface area contributed by atoms with Gasteiger partial charge in [-0.2, -0.15) is 13.2 Å². The van der Waals surface area contributed by atoms with Crippen molar-refractivity contribution in [2.45, 2.75) is 18.0 Å². The Hall–Kier alpha value is -2.62. The van der Waals surface area contributed by atoms with Gasteiger partial charge in [-0.3, -0.25) is 25.4 Å². The van der Waals surface area contributed by atoms with Gasteiger partial charge in [-0.25, -0.2) is 4.98 Å². The lowest BCUT2D eigenvalue weighted by Gasteiger charge is -2.10. The van der Waals surface area contributed by atoms with Gasteiger partial charge in [-0.15, -0.1) is 11.8 Å². The van der Waals surface area contributed by atoms with Gasteiger partial charge in [0.25, 0.3) is 11.8 Å². The van der Waals surface area contributed by atoms with Crippen LogP contribution in [0.4, 0.5) is 13.2 Å². The molecule has 0 aliphatic rings. The Morgan fingerprint density at radius 1 is 1.12 bits per heavy atom. The summed E-state index contributed by atoms with van der Waals surface area (Å²) in [6.45, 7) is 1.91. The van der Waals surface area contributed by atoms with Gasteiger partial charge in [0.15, 0.2) is 0 Å². The van der Waals surface area contributed by atoms with Crippen LogP contribution in [0.1, 0.15) is 33.5 Å². The van der Waals surface area contributed by atoms with Crippen molar-refractivity contribution in [3.63, 3.8) is 0 Å². The molecule has 2 heterocycles. The van der Waals surface area contributed by atoms with Crippen molar-refractivity contribution in [3.8, 4) is 0 Å². The van der Waals surface area contributed by atoms with Crippen molar-refractivity contribution < 1.29 is 22.8 Å². The van der Waals surface area contributed by atoms with Crippen molar-refractivity contribution in [3.05, 3.63) is 53.6 Å². The van der Waals surface area contributed by atoms with Gasteiger partial charge >= 0.3 is 6.18 Å². The number of hydrogen-bond acceptors (Lipinski definition) is 5. The van der Waals surface area contributed by atoms with Gasteiger partial charge in [0.05, 0.1) is 5.56 Å². The molecule has 0 radical (unpaired) electrons. The lowest BCUT2D eigenvalue weighted by Crippen LogP contribution is -2.42. The molecule has 0 saturated carbocycles. The van der Waals surface area contributed by atoms with Gasteiger partial charge in [0, 0.05) is 17.3 Å². The van der Waals surface area contributed by atoms with E-state index in [2.05, 4.69) is 20.8 Å². The van der Waals surface area contributed by atoms with Crippen LogP contribution in [0.5, 0.6) is 0 Å². The topological polar surface area (TPSA) is 84.0 Å². The first-order valence-electron chi connectivity index (χ1n) is 7.04. The van der Waals surface area contributed by atoms with Crippen LogP contribution in [0.25, 0.3) is 0 Å². The zero-order valence-electron chi connectivity index (χ0n) is 12.9. The highest BCUT2D eigenvalue weighted by atomic mass is 32.2. The second-order valence-corrected chi connectivity index (χ2v) is 5.93. The summed E-state index contributed by atoms with van der Waals surface area (Å²) < 4.78 is 37.4. The summed E-state index contributed by atoms with van der Waals surface area (Å²) >= 11 is 1.41. The number of hydrogen-bond donors (Lipinski definition) is 2. The number of pyridine rings is 2. The van der Waals surface area contributed by atoms with E-state index in [0.29, 0.717) is 11.1 Å². The third-order valence-electron chi connectivity index (χ3n) is 2.90. The number of hydrazine groups is 1. The first kappa shape index (κ1) is 18.7. The molecule has 0 fully saturated rings. The lowest BCUT2D eigenvalue weighted by atomic mass is 10.2. The fourth-order valence-electron chi connectivity index (χ4n) is 1.77. The van der Waals surface area contributed by atoms with E-state index in [1.165, 1.54) is 18.0 Å². The molecule has 2 amide bonds. The van der Waals surface area contributed by atoms with E-state index in [9.17, 15) is 22.8 Å². The first-order valence-corrected chi connectivity index (χ1v) is 8.03. The van der Waals surface area contributed by atoms with Gasteiger partial charge in [0.2, 0.25) is 0 Å². The van der Waals surface area contributed by atoms with Crippen LogP contribution in [-0.2, 0) is 6.18 Å². The predicted molar refractivity (Wildman–Crippen MR) is 84.8 cm³/mol. The molecular weight excluding hydrogens is 357 g/mol. The molecule has 132 valence electrons. The molecule has 0 aromatic carbocycles. The number of nitrogens with one attached hydrogen (secondary N) is 2. The Morgan fingerprint density at radius 2 is 1.84 bits per heavy atom. The zero-order chi connectivity index (χ0) is 18.4. The number of amides is 2. The van der Waals surface area contributed by atoms with E-state index in [0.717, 1.165) is 17.9 Å². The summed E-state index contributed by atoms with van der Waals surface area (Å²) in [5.41, 5.74) is 3.16. The van der Waals surface area contributed by atoms with E-state index < -0.39 is 23.6 Å². The maximum absolute atomic E-state index is 12.5. The summed E-state index contributed by atoms with van der Waals surface area (Å²) in [4.78, 5) is 32.0. The standard InChI is InChI=1S/C15H13F3N4O2S/c1-2-25-11-4-3-7-19-12(11)14(24)22-21-13(23)10-6-5-9(8-20-10)15(16,17)18/h3-8H,2H2,1H3,(H,21,23)(H,22,24). The van der Waals surface area contributed by atoms with Gasteiger partial charge in [-0.1, -0.05) is 6.92 Å². The van der Waals surface area contributed by atoms with E-state index in [1.807, 2.05) is 6.92 Å². The maximum Gasteiger partial charge on any atom is 0.417 e. The lowest BCUT2D eigenvalue weighted by molar-refractivity contribution is -0.137. The quantitative estimate of drug-likeness (QED) is 0.639. The summed E-state index contributed by atoms with van der Waals surface area (Å²) in [7, 11) is 0. The molecular formula is C15H13F3N4O2S. The van der Waals surface area contributed by atoms with Crippen molar-refractivity contribution in [2.24, 2.45) is 0 Å². The maximum atomic E-state index is 12.5. The van der Waals surface area contributed by atoms with Crippen molar-refractivity contribution in [1.29, 1.82) is 0 Å². The number of aromatic nitrogens is 2. The molecule has 0 aliphatic heterocycles. The number of thioether (sulfide) groups is 1. The highest BCUT2D eigenvalue weighted by Crippen LogP contribution is 2.28. The van der Waals surface area contributed by atoms with Crippen LogP contribution < -0.4 is 10.9 Å². The third-order valence-corrected chi connectivity index (χ3v) is 3.83. The molecule has 0 spiro atoms. The molecule has 0 saturated heterocycles. The van der Waals surface area contributed by atoms with E-state index >= 15 is 0 Å². The predicted octanol–water partition coefficient (Wildman–Crippen LogP) is 2.68. The van der Waals surface area contributed by atoms with Crippen molar-refractivity contribution in [2.75, 3.05) is 5.75 Å². The minimum atomic E-state index is -4.54. The first-order chi connectivity index (χ1) is 11.8. The average Bonchev–Trinajstić information content (AvgIpc) is 2.59. The van der Waals surface area contributed by atoms with Crippen LogP contribution in [0.2, 0.25) is 0 Å². The molecule has 2 rings (SSSR count).